The largest absolute Gasteiger partial charge is 0.497 e. The molecule has 0 unspecified atom stereocenters. The number of hydrogen-bond acceptors (Lipinski definition) is 2. The predicted molar refractivity (Wildman–Crippen MR) is 79.2 cm³/mol. The Morgan fingerprint density at radius 1 is 1.21 bits per heavy atom. The van der Waals surface area contributed by atoms with Gasteiger partial charge < -0.3 is 9.64 Å². The fraction of sp³-hybridized carbons (Fsp3) is 0.200. The molecule has 0 amide bonds. The third kappa shape index (κ3) is 3.26. The van der Waals surface area contributed by atoms with Crippen LogP contribution in [0.15, 0.2) is 46.9 Å². The molecule has 2 nitrogen and oxygen atoms in total. The van der Waals surface area contributed by atoms with Gasteiger partial charge in [-0.25, -0.2) is 4.39 Å². The summed E-state index contributed by atoms with van der Waals surface area (Å²) in [6.45, 7) is 0.617. The van der Waals surface area contributed by atoms with Crippen molar-refractivity contribution in [3.05, 3.63) is 58.3 Å². The van der Waals surface area contributed by atoms with Gasteiger partial charge in [-0.3, -0.25) is 0 Å². The van der Waals surface area contributed by atoms with E-state index in [1.165, 1.54) is 6.07 Å². The maximum absolute atomic E-state index is 13.5. The van der Waals surface area contributed by atoms with Crippen LogP contribution in [0.25, 0.3) is 0 Å². The van der Waals surface area contributed by atoms with Crippen molar-refractivity contribution in [2.24, 2.45) is 0 Å². The minimum Gasteiger partial charge on any atom is -0.497 e. The van der Waals surface area contributed by atoms with Gasteiger partial charge in [0.05, 0.1) is 11.6 Å². The average molecular weight is 324 g/mol. The minimum atomic E-state index is -0.239. The summed E-state index contributed by atoms with van der Waals surface area (Å²) in [4.78, 5) is 2.04. The van der Waals surface area contributed by atoms with Crippen molar-refractivity contribution in [1.29, 1.82) is 0 Å². The zero-order valence-corrected chi connectivity index (χ0v) is 12.4. The van der Waals surface area contributed by atoms with E-state index in [0.29, 0.717) is 11.0 Å². The average Bonchev–Trinajstić information content (AvgIpc) is 2.44. The number of anilines is 1. The number of halogens is 2. The maximum Gasteiger partial charge on any atom is 0.137 e. The summed E-state index contributed by atoms with van der Waals surface area (Å²) in [5.74, 6) is 0.569. The van der Waals surface area contributed by atoms with Crippen LogP contribution in [-0.2, 0) is 6.54 Å². The normalized spacial score (nSPS) is 10.3. The lowest BCUT2D eigenvalue weighted by atomic mass is 10.2. The highest BCUT2D eigenvalue weighted by atomic mass is 79.9. The lowest BCUT2D eigenvalue weighted by Crippen LogP contribution is -2.16. The van der Waals surface area contributed by atoms with Crippen LogP contribution >= 0.6 is 15.9 Å². The van der Waals surface area contributed by atoms with Gasteiger partial charge in [0.1, 0.15) is 11.6 Å². The van der Waals surface area contributed by atoms with E-state index in [4.69, 9.17) is 4.74 Å². The number of ether oxygens (including phenoxy) is 1. The Hall–Kier alpha value is -1.55. The second kappa shape index (κ2) is 6.06. The van der Waals surface area contributed by atoms with Gasteiger partial charge in [-0.1, -0.05) is 18.2 Å². The van der Waals surface area contributed by atoms with E-state index in [0.717, 1.165) is 17.0 Å². The topological polar surface area (TPSA) is 12.5 Å². The molecule has 4 heteroatoms. The Morgan fingerprint density at radius 2 is 1.95 bits per heavy atom. The summed E-state index contributed by atoms with van der Waals surface area (Å²) in [5.41, 5.74) is 1.93. The van der Waals surface area contributed by atoms with Crippen molar-refractivity contribution < 1.29 is 9.13 Å². The molecule has 0 spiro atoms. The van der Waals surface area contributed by atoms with Crippen molar-refractivity contribution in [1.82, 2.24) is 0 Å². The molecule has 0 N–H and O–H groups in total. The lowest BCUT2D eigenvalue weighted by Gasteiger charge is -2.20. The van der Waals surface area contributed by atoms with E-state index in [1.54, 1.807) is 13.2 Å². The van der Waals surface area contributed by atoms with Gasteiger partial charge in [0, 0.05) is 25.3 Å². The van der Waals surface area contributed by atoms with Crippen LogP contribution < -0.4 is 9.64 Å². The quantitative estimate of drug-likeness (QED) is 0.834. The first-order valence-electron chi connectivity index (χ1n) is 5.90. The highest BCUT2D eigenvalue weighted by Crippen LogP contribution is 2.25. The molecule has 0 atom stereocenters. The molecule has 0 aliphatic carbocycles. The van der Waals surface area contributed by atoms with Crippen LogP contribution in [0.3, 0.4) is 0 Å². The molecular weight excluding hydrogens is 309 g/mol. The van der Waals surface area contributed by atoms with Crippen LogP contribution in [0.2, 0.25) is 0 Å². The van der Waals surface area contributed by atoms with E-state index in [1.807, 2.05) is 42.3 Å². The summed E-state index contributed by atoms with van der Waals surface area (Å²) in [6.07, 6.45) is 0. The number of benzene rings is 2. The fourth-order valence-electron chi connectivity index (χ4n) is 1.87. The first-order valence-corrected chi connectivity index (χ1v) is 6.69. The molecule has 0 saturated carbocycles. The molecule has 19 heavy (non-hydrogen) atoms. The van der Waals surface area contributed by atoms with Gasteiger partial charge in [0.25, 0.3) is 0 Å². The Balaban J connectivity index is 2.20. The Bertz CT molecular complexity index is 574. The van der Waals surface area contributed by atoms with Crippen molar-refractivity contribution in [3.8, 4) is 5.75 Å². The molecule has 100 valence electrons. The van der Waals surface area contributed by atoms with Gasteiger partial charge in [-0.15, -0.1) is 0 Å². The highest BCUT2D eigenvalue weighted by Gasteiger charge is 2.09. The van der Waals surface area contributed by atoms with Crippen LogP contribution in [-0.4, -0.2) is 14.2 Å². The number of methoxy groups -OCH3 is 1. The Labute approximate surface area is 120 Å². The predicted octanol–water partition coefficient (Wildman–Crippen LogP) is 4.23. The van der Waals surface area contributed by atoms with E-state index >= 15 is 0 Å². The molecule has 0 fully saturated rings. The molecule has 0 heterocycles. The van der Waals surface area contributed by atoms with Gasteiger partial charge in [-0.2, -0.15) is 0 Å². The van der Waals surface area contributed by atoms with Gasteiger partial charge in [0.15, 0.2) is 0 Å². The third-order valence-corrected chi connectivity index (χ3v) is 3.82. The molecule has 2 aromatic carbocycles. The number of hydrogen-bond donors (Lipinski definition) is 0. The second-order valence-corrected chi connectivity index (χ2v) is 5.06. The molecule has 0 aliphatic heterocycles. The second-order valence-electron chi connectivity index (χ2n) is 4.27. The van der Waals surface area contributed by atoms with Crippen LogP contribution in [0.5, 0.6) is 5.75 Å². The number of nitrogens with zero attached hydrogens (tertiary/aromatic N) is 1. The molecule has 0 aromatic heterocycles. The summed E-state index contributed by atoms with van der Waals surface area (Å²) in [6, 6.07) is 12.8. The first kappa shape index (κ1) is 13.9. The smallest absolute Gasteiger partial charge is 0.137 e. The van der Waals surface area contributed by atoms with Gasteiger partial charge in [0.2, 0.25) is 0 Å². The third-order valence-electron chi connectivity index (χ3n) is 2.93. The van der Waals surface area contributed by atoms with Crippen molar-refractivity contribution >= 4 is 21.6 Å². The summed E-state index contributed by atoms with van der Waals surface area (Å²) < 4.78 is 19.2. The molecule has 0 bridgehead atoms. The Morgan fingerprint density at radius 3 is 2.68 bits per heavy atom. The summed E-state index contributed by atoms with van der Waals surface area (Å²) in [5, 5.41) is 0. The summed E-state index contributed by atoms with van der Waals surface area (Å²) in [7, 11) is 3.61. The highest BCUT2D eigenvalue weighted by molar-refractivity contribution is 9.10. The lowest BCUT2D eigenvalue weighted by molar-refractivity contribution is 0.415. The molecule has 0 radical (unpaired) electrons. The van der Waals surface area contributed by atoms with Crippen LogP contribution in [0.4, 0.5) is 10.1 Å². The van der Waals surface area contributed by atoms with Crippen molar-refractivity contribution in [2.75, 3.05) is 19.1 Å². The Kier molecular flexibility index (Phi) is 4.43. The van der Waals surface area contributed by atoms with E-state index in [9.17, 15) is 4.39 Å². The fourth-order valence-corrected chi connectivity index (χ4v) is 2.26. The van der Waals surface area contributed by atoms with Crippen LogP contribution in [0, 0.1) is 5.82 Å². The van der Waals surface area contributed by atoms with Crippen molar-refractivity contribution in [3.63, 3.8) is 0 Å². The zero-order valence-electron chi connectivity index (χ0n) is 10.9. The van der Waals surface area contributed by atoms with Gasteiger partial charge in [-0.05, 0) is 39.7 Å². The molecule has 0 aliphatic rings. The standard InChI is InChI=1S/C15H15BrFNO/c1-18(12-6-4-7-13(9-12)19-2)10-11-5-3-8-14(17)15(11)16/h3-9H,10H2,1-2H3. The number of rotatable bonds is 4. The first-order chi connectivity index (χ1) is 9.11. The zero-order chi connectivity index (χ0) is 13.8. The molecular formula is C15H15BrFNO. The van der Waals surface area contributed by atoms with Crippen molar-refractivity contribution in [2.45, 2.75) is 6.54 Å². The SMILES string of the molecule is COc1cccc(N(C)Cc2cccc(F)c2Br)c1. The molecule has 0 saturated heterocycles. The maximum atomic E-state index is 13.5. The van der Waals surface area contributed by atoms with Gasteiger partial charge >= 0.3 is 0 Å². The minimum absolute atomic E-state index is 0.239. The molecule has 2 rings (SSSR count). The van der Waals surface area contributed by atoms with E-state index in [2.05, 4.69) is 15.9 Å². The molecule has 2 aromatic rings. The summed E-state index contributed by atoms with van der Waals surface area (Å²) >= 11 is 3.28. The van der Waals surface area contributed by atoms with Crippen LogP contribution in [0.1, 0.15) is 5.56 Å². The van der Waals surface area contributed by atoms with E-state index in [-0.39, 0.29) is 5.82 Å². The monoisotopic (exact) mass is 323 g/mol. The van der Waals surface area contributed by atoms with E-state index < -0.39 is 0 Å².